The molecule has 136 valence electrons. The third kappa shape index (κ3) is 3.67. The van der Waals surface area contributed by atoms with Crippen LogP contribution in [-0.2, 0) is 10.9 Å². The fraction of sp³-hybridized carbons (Fsp3) is 0.235. The first kappa shape index (κ1) is 18.2. The number of para-hydroxylation sites is 1. The Labute approximate surface area is 150 Å². The maximum Gasteiger partial charge on any atom is 0.451 e. The van der Waals surface area contributed by atoms with E-state index < -0.39 is 18.0 Å². The average Bonchev–Trinajstić information content (AvgIpc) is 3.10. The first-order valence-corrected chi connectivity index (χ1v) is 8.36. The standard InChI is InChI=1S/C17H13F3N2O3S/c1-9(12-7-8-13(25-12)15(23)24-2)26-14-10-5-3-4-6-11(10)21-16(22-14)17(18,19)20/h3-9H,1-2H3. The Balaban J connectivity index is 1.97. The van der Waals surface area contributed by atoms with Crippen molar-refractivity contribution in [3.8, 4) is 0 Å². The number of methoxy groups -OCH3 is 1. The summed E-state index contributed by atoms with van der Waals surface area (Å²) in [6, 6.07) is 9.52. The number of halogens is 3. The molecule has 0 fully saturated rings. The van der Waals surface area contributed by atoms with Gasteiger partial charge in [0.25, 0.3) is 0 Å². The molecule has 26 heavy (non-hydrogen) atoms. The van der Waals surface area contributed by atoms with Gasteiger partial charge in [-0.2, -0.15) is 13.2 Å². The van der Waals surface area contributed by atoms with Gasteiger partial charge in [-0.05, 0) is 25.1 Å². The first-order chi connectivity index (χ1) is 12.3. The van der Waals surface area contributed by atoms with Crippen LogP contribution in [0.1, 0.15) is 34.3 Å². The molecule has 2 aromatic heterocycles. The van der Waals surface area contributed by atoms with E-state index in [-0.39, 0.29) is 21.6 Å². The van der Waals surface area contributed by atoms with E-state index >= 15 is 0 Å². The van der Waals surface area contributed by atoms with Crippen molar-refractivity contribution < 1.29 is 27.1 Å². The maximum atomic E-state index is 13.1. The van der Waals surface area contributed by atoms with E-state index in [1.807, 2.05) is 0 Å². The number of hydrogen-bond donors (Lipinski definition) is 0. The van der Waals surface area contributed by atoms with Gasteiger partial charge < -0.3 is 9.15 Å². The lowest BCUT2D eigenvalue weighted by Gasteiger charge is -2.13. The molecule has 1 atom stereocenters. The number of carbonyl (C=O) groups is 1. The zero-order valence-electron chi connectivity index (χ0n) is 13.7. The van der Waals surface area contributed by atoms with Crippen molar-refractivity contribution in [2.24, 2.45) is 0 Å². The molecule has 0 saturated heterocycles. The molecule has 0 aliphatic rings. The molecule has 0 aliphatic carbocycles. The predicted octanol–water partition coefficient (Wildman–Crippen LogP) is 4.88. The minimum absolute atomic E-state index is 0.0264. The van der Waals surface area contributed by atoms with Crippen molar-refractivity contribution in [1.82, 2.24) is 9.97 Å². The van der Waals surface area contributed by atoms with Crippen molar-refractivity contribution in [2.45, 2.75) is 23.4 Å². The smallest absolute Gasteiger partial charge is 0.451 e. The number of aromatic nitrogens is 2. The molecule has 0 aliphatic heterocycles. The molecule has 0 bridgehead atoms. The highest BCUT2D eigenvalue weighted by molar-refractivity contribution is 7.99. The number of thioether (sulfide) groups is 1. The average molecular weight is 382 g/mol. The van der Waals surface area contributed by atoms with Gasteiger partial charge in [-0.25, -0.2) is 14.8 Å². The molecule has 3 rings (SSSR count). The van der Waals surface area contributed by atoms with Gasteiger partial charge in [0.15, 0.2) is 0 Å². The van der Waals surface area contributed by atoms with Gasteiger partial charge in [0.2, 0.25) is 11.6 Å². The van der Waals surface area contributed by atoms with E-state index in [1.54, 1.807) is 31.2 Å². The number of hydrogen-bond acceptors (Lipinski definition) is 6. The number of alkyl halides is 3. The molecule has 0 spiro atoms. The number of esters is 1. The lowest BCUT2D eigenvalue weighted by Crippen LogP contribution is -2.12. The van der Waals surface area contributed by atoms with E-state index in [0.29, 0.717) is 11.1 Å². The highest BCUT2D eigenvalue weighted by atomic mass is 32.2. The van der Waals surface area contributed by atoms with Crippen LogP contribution in [0.5, 0.6) is 0 Å². The monoisotopic (exact) mass is 382 g/mol. The molecule has 9 heteroatoms. The largest absolute Gasteiger partial charge is 0.463 e. The summed E-state index contributed by atoms with van der Waals surface area (Å²) in [5, 5.41) is 0.316. The van der Waals surface area contributed by atoms with Crippen LogP contribution in [0.25, 0.3) is 10.9 Å². The Hall–Kier alpha value is -2.55. The highest BCUT2D eigenvalue weighted by Crippen LogP contribution is 2.39. The minimum atomic E-state index is -4.65. The molecule has 1 aromatic carbocycles. The number of furan rings is 1. The molecule has 3 aromatic rings. The van der Waals surface area contributed by atoms with Gasteiger partial charge in [-0.3, -0.25) is 0 Å². The normalized spacial score (nSPS) is 13.0. The van der Waals surface area contributed by atoms with Gasteiger partial charge in [0, 0.05) is 5.39 Å². The van der Waals surface area contributed by atoms with Gasteiger partial charge in [0.05, 0.1) is 17.9 Å². The second-order valence-electron chi connectivity index (χ2n) is 5.32. The molecule has 2 heterocycles. The lowest BCUT2D eigenvalue weighted by molar-refractivity contribution is -0.145. The number of nitrogens with zero attached hydrogens (tertiary/aromatic N) is 2. The van der Waals surface area contributed by atoms with Crippen LogP contribution < -0.4 is 0 Å². The summed E-state index contributed by atoms with van der Waals surface area (Å²) in [7, 11) is 1.23. The van der Waals surface area contributed by atoms with Gasteiger partial charge in [0.1, 0.15) is 10.8 Å². The lowest BCUT2D eigenvalue weighted by atomic mass is 10.2. The summed E-state index contributed by atoms with van der Waals surface area (Å²) in [6.45, 7) is 1.74. The summed E-state index contributed by atoms with van der Waals surface area (Å²) in [4.78, 5) is 18.7. The number of ether oxygens (including phenoxy) is 1. The summed E-state index contributed by atoms with van der Waals surface area (Å²) < 4.78 is 49.2. The second kappa shape index (κ2) is 6.99. The van der Waals surface area contributed by atoms with Crippen molar-refractivity contribution in [3.63, 3.8) is 0 Å². The molecule has 0 N–H and O–H groups in total. The third-order valence-corrected chi connectivity index (χ3v) is 4.64. The zero-order valence-corrected chi connectivity index (χ0v) is 14.5. The van der Waals surface area contributed by atoms with E-state index in [4.69, 9.17) is 4.42 Å². The maximum absolute atomic E-state index is 13.1. The van der Waals surface area contributed by atoms with E-state index in [2.05, 4.69) is 14.7 Å². The summed E-state index contributed by atoms with van der Waals surface area (Å²) in [5.41, 5.74) is 0.208. The SMILES string of the molecule is COC(=O)c1ccc(C(C)Sc2nc(C(F)(F)F)nc3ccccc23)o1. The molecule has 1 unspecified atom stereocenters. The van der Waals surface area contributed by atoms with Crippen molar-refractivity contribution in [2.75, 3.05) is 7.11 Å². The van der Waals surface area contributed by atoms with Crippen LogP contribution in [0.2, 0.25) is 0 Å². The third-order valence-electron chi connectivity index (χ3n) is 3.52. The predicted molar refractivity (Wildman–Crippen MR) is 88.9 cm³/mol. The van der Waals surface area contributed by atoms with Gasteiger partial charge in [-0.1, -0.05) is 30.0 Å². The first-order valence-electron chi connectivity index (χ1n) is 7.48. The molecular formula is C17H13F3N2O3S. The van der Waals surface area contributed by atoms with Crippen LogP contribution in [-0.4, -0.2) is 23.0 Å². The van der Waals surface area contributed by atoms with Gasteiger partial charge >= 0.3 is 12.1 Å². The van der Waals surface area contributed by atoms with Crippen LogP contribution in [0, 0.1) is 0 Å². The Morgan fingerprint density at radius 2 is 1.92 bits per heavy atom. The van der Waals surface area contributed by atoms with Crippen LogP contribution >= 0.6 is 11.8 Å². The van der Waals surface area contributed by atoms with Crippen molar-refractivity contribution >= 4 is 28.6 Å². The van der Waals surface area contributed by atoms with Crippen molar-refractivity contribution in [1.29, 1.82) is 0 Å². The molecule has 0 amide bonds. The molecule has 0 saturated carbocycles. The Kier molecular flexibility index (Phi) is 4.90. The van der Waals surface area contributed by atoms with Crippen LogP contribution in [0.3, 0.4) is 0 Å². The van der Waals surface area contributed by atoms with Gasteiger partial charge in [-0.15, -0.1) is 0 Å². The zero-order chi connectivity index (χ0) is 18.9. The van der Waals surface area contributed by atoms with E-state index in [9.17, 15) is 18.0 Å². The summed E-state index contributed by atoms with van der Waals surface area (Å²) in [6.07, 6.45) is -4.65. The fourth-order valence-electron chi connectivity index (χ4n) is 2.27. The summed E-state index contributed by atoms with van der Waals surface area (Å²) >= 11 is 1.09. The summed E-state index contributed by atoms with van der Waals surface area (Å²) in [5.74, 6) is -1.37. The van der Waals surface area contributed by atoms with E-state index in [0.717, 1.165) is 11.8 Å². The molecule has 0 radical (unpaired) electrons. The topological polar surface area (TPSA) is 65.2 Å². The number of fused-ring (bicyclic) bond motifs is 1. The molecular weight excluding hydrogens is 369 g/mol. The van der Waals surface area contributed by atoms with E-state index in [1.165, 1.54) is 19.2 Å². The quantitative estimate of drug-likeness (QED) is 0.364. The highest BCUT2D eigenvalue weighted by Gasteiger charge is 2.35. The Morgan fingerprint density at radius 3 is 2.62 bits per heavy atom. The van der Waals surface area contributed by atoms with Crippen LogP contribution in [0.4, 0.5) is 13.2 Å². The molecule has 5 nitrogen and oxygen atoms in total. The minimum Gasteiger partial charge on any atom is -0.463 e. The Morgan fingerprint density at radius 1 is 1.19 bits per heavy atom. The Bertz CT molecular complexity index is 956. The number of carbonyl (C=O) groups excluding carboxylic acids is 1. The number of benzene rings is 1. The van der Waals surface area contributed by atoms with Crippen LogP contribution in [0.15, 0.2) is 45.8 Å². The van der Waals surface area contributed by atoms with Crippen molar-refractivity contribution in [3.05, 3.63) is 53.7 Å². The fourth-order valence-corrected chi connectivity index (χ4v) is 3.29. The number of rotatable bonds is 4. The second-order valence-corrected chi connectivity index (χ2v) is 6.65.